The van der Waals surface area contributed by atoms with E-state index in [4.69, 9.17) is 10.8 Å². The number of primary amides is 1. The maximum absolute atomic E-state index is 10.8. The minimum Gasteiger partial charge on any atom is -0.481 e. The van der Waals surface area contributed by atoms with E-state index in [-0.39, 0.29) is 6.42 Å². The minimum atomic E-state index is -0.832. The summed E-state index contributed by atoms with van der Waals surface area (Å²) in [7, 11) is 0. The van der Waals surface area contributed by atoms with Gasteiger partial charge in [0.15, 0.2) is 0 Å². The molecule has 0 bridgehead atoms. The number of carboxylic acids is 1. The highest BCUT2D eigenvalue weighted by Crippen LogP contribution is 2.20. The molecule has 0 saturated carbocycles. The molecule has 2 amide bonds. The number of anilines is 2. The van der Waals surface area contributed by atoms with Crippen molar-refractivity contribution >= 4 is 34.7 Å². The van der Waals surface area contributed by atoms with Crippen molar-refractivity contribution in [2.45, 2.75) is 13.0 Å². The topological polar surface area (TPSA) is 104 Å². The maximum Gasteiger partial charge on any atom is 0.316 e. The van der Waals surface area contributed by atoms with E-state index in [2.05, 4.69) is 10.6 Å². The molecular formula is C14H15N3O3S. The van der Waals surface area contributed by atoms with Crippen molar-refractivity contribution in [3.8, 4) is 0 Å². The van der Waals surface area contributed by atoms with Crippen LogP contribution in [0.3, 0.4) is 0 Å². The van der Waals surface area contributed by atoms with Crippen molar-refractivity contribution in [2.75, 3.05) is 10.6 Å². The number of carbonyl (C=O) groups is 2. The Morgan fingerprint density at radius 2 is 1.86 bits per heavy atom. The molecule has 0 spiro atoms. The standard InChI is InChI=1S/C14H15N3O3S/c15-14(20)17-10-3-1-2-9(6-10)16-8-12-5-4-11(21-12)7-13(18)19/h1-6,16H,7-8H2,(H,18,19)(H3,15,17,20). The van der Waals surface area contributed by atoms with Gasteiger partial charge >= 0.3 is 12.0 Å². The molecule has 2 rings (SSSR count). The van der Waals surface area contributed by atoms with Crippen molar-refractivity contribution in [1.82, 2.24) is 0 Å². The summed E-state index contributed by atoms with van der Waals surface area (Å²) in [5.41, 5.74) is 6.52. The van der Waals surface area contributed by atoms with E-state index in [0.29, 0.717) is 12.2 Å². The fraction of sp³-hybridized carbons (Fsp3) is 0.143. The average molecular weight is 305 g/mol. The number of carbonyl (C=O) groups excluding carboxylic acids is 1. The van der Waals surface area contributed by atoms with Crippen LogP contribution >= 0.6 is 11.3 Å². The Labute approximate surface area is 125 Å². The van der Waals surface area contributed by atoms with E-state index < -0.39 is 12.0 Å². The van der Waals surface area contributed by atoms with Gasteiger partial charge in [0.2, 0.25) is 0 Å². The molecule has 0 aliphatic rings. The number of hydrogen-bond donors (Lipinski definition) is 4. The zero-order valence-electron chi connectivity index (χ0n) is 11.1. The van der Waals surface area contributed by atoms with Crippen LogP contribution in [-0.4, -0.2) is 17.1 Å². The van der Waals surface area contributed by atoms with Gasteiger partial charge in [0.05, 0.1) is 6.42 Å². The number of aliphatic carboxylic acids is 1. The summed E-state index contributed by atoms with van der Waals surface area (Å²) in [5, 5.41) is 14.5. The summed E-state index contributed by atoms with van der Waals surface area (Å²) < 4.78 is 0. The number of nitrogens with one attached hydrogen (secondary N) is 2. The van der Waals surface area contributed by atoms with E-state index in [1.807, 2.05) is 18.2 Å². The predicted octanol–water partition coefficient (Wildman–Crippen LogP) is 2.48. The van der Waals surface area contributed by atoms with Crippen molar-refractivity contribution in [1.29, 1.82) is 0 Å². The number of urea groups is 1. The molecule has 1 heterocycles. The van der Waals surface area contributed by atoms with Gasteiger partial charge in [-0.25, -0.2) is 4.79 Å². The fourth-order valence-electron chi connectivity index (χ4n) is 1.80. The van der Waals surface area contributed by atoms with E-state index in [1.165, 1.54) is 11.3 Å². The second-order valence-corrected chi connectivity index (χ2v) is 5.62. The van der Waals surface area contributed by atoms with Gasteiger partial charge in [-0.2, -0.15) is 0 Å². The van der Waals surface area contributed by atoms with Crippen molar-refractivity contribution in [3.05, 3.63) is 46.2 Å². The van der Waals surface area contributed by atoms with Crippen LogP contribution in [0.4, 0.5) is 16.2 Å². The van der Waals surface area contributed by atoms with Crippen LogP contribution in [-0.2, 0) is 17.8 Å². The van der Waals surface area contributed by atoms with Gasteiger partial charge < -0.3 is 21.5 Å². The largest absolute Gasteiger partial charge is 0.481 e. The molecular weight excluding hydrogens is 290 g/mol. The molecule has 1 aromatic heterocycles. The Hall–Kier alpha value is -2.54. The SMILES string of the molecule is NC(=O)Nc1cccc(NCc2ccc(CC(=O)O)s2)c1. The lowest BCUT2D eigenvalue weighted by Crippen LogP contribution is -2.19. The van der Waals surface area contributed by atoms with Crippen LogP contribution in [0.2, 0.25) is 0 Å². The lowest BCUT2D eigenvalue weighted by molar-refractivity contribution is -0.136. The van der Waals surface area contributed by atoms with Crippen molar-refractivity contribution in [3.63, 3.8) is 0 Å². The van der Waals surface area contributed by atoms with Gasteiger partial charge in [0.25, 0.3) is 0 Å². The fourth-order valence-corrected chi connectivity index (χ4v) is 2.75. The highest BCUT2D eigenvalue weighted by atomic mass is 32.1. The van der Waals surface area contributed by atoms with Crippen LogP contribution in [0.1, 0.15) is 9.75 Å². The maximum atomic E-state index is 10.8. The first kappa shape index (κ1) is 14.9. The Morgan fingerprint density at radius 3 is 2.57 bits per heavy atom. The monoisotopic (exact) mass is 305 g/mol. The number of carboxylic acid groups (broad SMARTS) is 1. The quantitative estimate of drug-likeness (QED) is 0.658. The Balaban J connectivity index is 1.94. The third-order valence-electron chi connectivity index (χ3n) is 2.64. The summed E-state index contributed by atoms with van der Waals surface area (Å²) in [4.78, 5) is 23.3. The summed E-state index contributed by atoms with van der Waals surface area (Å²) in [6.07, 6.45) is 0.0443. The lowest BCUT2D eigenvalue weighted by atomic mass is 10.2. The molecule has 7 heteroatoms. The first-order chi connectivity index (χ1) is 10.0. The summed E-state index contributed by atoms with van der Waals surface area (Å²) in [5.74, 6) is -0.832. The first-order valence-corrected chi connectivity index (χ1v) is 7.04. The third-order valence-corrected chi connectivity index (χ3v) is 3.72. The second kappa shape index (κ2) is 6.76. The van der Waals surface area contributed by atoms with E-state index in [1.54, 1.807) is 18.2 Å². The van der Waals surface area contributed by atoms with Crippen LogP contribution in [0.25, 0.3) is 0 Å². The molecule has 5 N–H and O–H groups in total. The van der Waals surface area contributed by atoms with Crippen LogP contribution in [0.15, 0.2) is 36.4 Å². The summed E-state index contributed by atoms with van der Waals surface area (Å²) in [6.45, 7) is 0.588. The van der Waals surface area contributed by atoms with Crippen molar-refractivity contribution < 1.29 is 14.7 Å². The highest BCUT2D eigenvalue weighted by molar-refractivity contribution is 7.12. The van der Waals surface area contributed by atoms with Crippen LogP contribution in [0, 0.1) is 0 Å². The molecule has 110 valence electrons. The van der Waals surface area contributed by atoms with E-state index in [0.717, 1.165) is 15.4 Å². The van der Waals surface area contributed by atoms with Gasteiger partial charge in [-0.05, 0) is 30.3 Å². The number of benzene rings is 1. The molecule has 0 atom stereocenters. The second-order valence-electron chi connectivity index (χ2n) is 4.36. The molecule has 0 aliphatic heterocycles. The predicted molar refractivity (Wildman–Crippen MR) is 82.6 cm³/mol. The number of amides is 2. The number of rotatable bonds is 6. The number of nitrogens with two attached hydrogens (primary N) is 1. The molecule has 0 saturated heterocycles. The Kier molecular flexibility index (Phi) is 4.78. The number of hydrogen-bond acceptors (Lipinski definition) is 4. The van der Waals surface area contributed by atoms with Crippen LogP contribution < -0.4 is 16.4 Å². The zero-order valence-corrected chi connectivity index (χ0v) is 11.9. The Morgan fingerprint density at radius 1 is 1.14 bits per heavy atom. The first-order valence-electron chi connectivity index (χ1n) is 6.23. The van der Waals surface area contributed by atoms with Crippen LogP contribution in [0.5, 0.6) is 0 Å². The zero-order chi connectivity index (χ0) is 15.2. The van der Waals surface area contributed by atoms with Crippen molar-refractivity contribution in [2.24, 2.45) is 5.73 Å². The Bertz CT molecular complexity index is 654. The van der Waals surface area contributed by atoms with E-state index in [9.17, 15) is 9.59 Å². The average Bonchev–Trinajstić information content (AvgIpc) is 2.83. The molecule has 0 radical (unpaired) electrons. The molecule has 1 aromatic carbocycles. The van der Waals surface area contributed by atoms with E-state index >= 15 is 0 Å². The normalized spacial score (nSPS) is 10.1. The summed E-state index contributed by atoms with van der Waals surface area (Å²) >= 11 is 1.46. The van der Waals surface area contributed by atoms with Gasteiger partial charge in [0, 0.05) is 27.7 Å². The molecule has 21 heavy (non-hydrogen) atoms. The molecule has 0 unspecified atom stereocenters. The van der Waals surface area contributed by atoms with Gasteiger partial charge in [-0.3, -0.25) is 4.79 Å². The number of thiophene rings is 1. The van der Waals surface area contributed by atoms with Gasteiger partial charge in [-0.15, -0.1) is 11.3 Å². The molecule has 0 fully saturated rings. The third kappa shape index (κ3) is 4.81. The lowest BCUT2D eigenvalue weighted by Gasteiger charge is -2.07. The van der Waals surface area contributed by atoms with Gasteiger partial charge in [0.1, 0.15) is 0 Å². The molecule has 6 nitrogen and oxygen atoms in total. The minimum absolute atomic E-state index is 0.0443. The highest BCUT2D eigenvalue weighted by Gasteiger charge is 2.05. The van der Waals surface area contributed by atoms with Gasteiger partial charge in [-0.1, -0.05) is 6.07 Å². The smallest absolute Gasteiger partial charge is 0.316 e. The summed E-state index contributed by atoms with van der Waals surface area (Å²) in [6, 6.07) is 10.3. The molecule has 2 aromatic rings. The molecule has 0 aliphatic carbocycles.